The van der Waals surface area contributed by atoms with Crippen LogP contribution in [0, 0.1) is 23.7 Å². The Kier molecular flexibility index (Phi) is 15.0. The minimum absolute atomic E-state index is 0.0806. The molecule has 16 heteroatoms. The first kappa shape index (κ1) is 47.0. The number of nitrogens with zero attached hydrogens (tertiary/aromatic N) is 1. The van der Waals surface area contributed by atoms with E-state index in [4.69, 9.17) is 42.6 Å². The van der Waals surface area contributed by atoms with Gasteiger partial charge < -0.3 is 68.0 Å². The smallest absolute Gasteiger partial charge is 0.459 e. The van der Waals surface area contributed by atoms with E-state index in [1.165, 1.54) is 7.11 Å². The SMILES string of the molecule is CCOC(=O)O[C@H]1[C@H](O[C@@H]2[C@@H](C)[C@H](O[C@H]3C[C@@](C)(OC)[C@@H](O)[C@H](C)O3)[C@@H](C)C(=O)O[C@H](CC)[C@@]3(C)O[C@@](O)([C@H](C)C[C@@]2(C)O)[C@H](C)[C@H]3O)O[C@H](C)C[C@@H]1N(C)C. The molecule has 19 atom stereocenters. The van der Waals surface area contributed by atoms with Crippen LogP contribution in [-0.2, 0) is 47.4 Å². The number of carbonyl (C=O) groups excluding carboxylic acids is 2. The van der Waals surface area contributed by atoms with Crippen LogP contribution in [0.15, 0.2) is 0 Å². The van der Waals surface area contributed by atoms with Crippen LogP contribution in [0.1, 0.15) is 102 Å². The second-order valence-electron chi connectivity index (χ2n) is 17.7. The number of likely N-dealkylation sites (N-methyl/N-ethyl adjacent to an activating group) is 1. The lowest BCUT2D eigenvalue weighted by Crippen LogP contribution is -2.61. The number of carbonyl (C=O) groups is 2. The number of hydrogen-bond acceptors (Lipinski definition) is 16. The van der Waals surface area contributed by atoms with E-state index in [0.717, 1.165) is 0 Å². The van der Waals surface area contributed by atoms with Gasteiger partial charge in [0.25, 0.3) is 0 Å². The van der Waals surface area contributed by atoms with Crippen LogP contribution in [0.4, 0.5) is 4.79 Å². The summed E-state index contributed by atoms with van der Waals surface area (Å²) in [6.07, 6.45) is -9.99. The monoisotopic (exact) mass is 805 g/mol. The van der Waals surface area contributed by atoms with E-state index in [2.05, 4.69) is 0 Å². The van der Waals surface area contributed by atoms with E-state index in [1.54, 1.807) is 69.2 Å². The van der Waals surface area contributed by atoms with Crippen molar-refractivity contribution in [3.63, 3.8) is 0 Å². The normalized spacial score (nSPS) is 49.3. The molecule has 16 nitrogen and oxygen atoms in total. The highest BCUT2D eigenvalue weighted by atomic mass is 16.8. The Labute approximate surface area is 332 Å². The van der Waals surface area contributed by atoms with Crippen molar-refractivity contribution in [2.75, 3.05) is 27.8 Å². The predicted octanol–water partition coefficient (Wildman–Crippen LogP) is 3.12. The quantitative estimate of drug-likeness (QED) is 0.248. The van der Waals surface area contributed by atoms with Gasteiger partial charge in [-0.3, -0.25) is 4.79 Å². The number of aliphatic hydroxyl groups is 4. The molecule has 0 radical (unpaired) electrons. The second kappa shape index (κ2) is 17.9. The number of methoxy groups -OCH3 is 1. The fraction of sp³-hybridized carbons (Fsp3) is 0.950. The average Bonchev–Trinajstić information content (AvgIpc) is 3.30. The number of aliphatic hydroxyl groups excluding tert-OH is 2. The van der Waals surface area contributed by atoms with Crippen molar-refractivity contribution < 1.29 is 72.6 Å². The summed E-state index contributed by atoms with van der Waals surface area (Å²) in [5.74, 6) is -6.19. The third kappa shape index (κ3) is 9.20. The Hall–Kier alpha value is -1.70. The first-order valence-corrected chi connectivity index (χ1v) is 20.3. The molecule has 4 saturated heterocycles. The molecule has 4 heterocycles. The zero-order valence-electron chi connectivity index (χ0n) is 35.9. The van der Waals surface area contributed by atoms with Crippen LogP contribution in [0.25, 0.3) is 0 Å². The molecule has 0 aromatic rings. The first-order valence-electron chi connectivity index (χ1n) is 20.3. The van der Waals surface area contributed by atoms with Crippen LogP contribution in [0.3, 0.4) is 0 Å². The van der Waals surface area contributed by atoms with Crippen molar-refractivity contribution in [1.29, 1.82) is 0 Å². The van der Waals surface area contributed by atoms with E-state index in [-0.39, 0.29) is 38.0 Å². The molecular formula is C40H71NO15. The Morgan fingerprint density at radius 1 is 0.929 bits per heavy atom. The lowest BCUT2D eigenvalue weighted by atomic mass is 9.74. The third-order valence-corrected chi connectivity index (χ3v) is 13.1. The van der Waals surface area contributed by atoms with Crippen molar-refractivity contribution in [2.45, 2.75) is 192 Å². The van der Waals surface area contributed by atoms with Gasteiger partial charge in [0.05, 0.1) is 60.3 Å². The summed E-state index contributed by atoms with van der Waals surface area (Å²) in [6, 6.07) is -0.378. The Balaban J connectivity index is 1.88. The highest BCUT2D eigenvalue weighted by Crippen LogP contribution is 2.51. The molecule has 0 aliphatic carbocycles. The molecule has 0 aromatic heterocycles. The number of rotatable bonds is 9. The fourth-order valence-corrected chi connectivity index (χ4v) is 9.55. The van der Waals surface area contributed by atoms with Crippen LogP contribution in [0.2, 0.25) is 0 Å². The van der Waals surface area contributed by atoms with E-state index in [0.29, 0.717) is 6.42 Å². The van der Waals surface area contributed by atoms with Crippen molar-refractivity contribution in [2.24, 2.45) is 23.7 Å². The van der Waals surface area contributed by atoms with E-state index in [1.807, 2.05) is 25.9 Å². The van der Waals surface area contributed by atoms with Gasteiger partial charge in [0, 0.05) is 31.3 Å². The molecule has 0 unspecified atom stereocenters. The summed E-state index contributed by atoms with van der Waals surface area (Å²) >= 11 is 0. The summed E-state index contributed by atoms with van der Waals surface area (Å²) in [4.78, 5) is 29.1. The van der Waals surface area contributed by atoms with Gasteiger partial charge in [0.15, 0.2) is 24.5 Å². The predicted molar refractivity (Wildman–Crippen MR) is 201 cm³/mol. The minimum Gasteiger partial charge on any atom is -0.459 e. The molecule has 4 fully saturated rings. The van der Waals surface area contributed by atoms with Gasteiger partial charge in [-0.2, -0.15) is 0 Å². The third-order valence-electron chi connectivity index (χ3n) is 13.1. The lowest BCUT2D eigenvalue weighted by molar-refractivity contribution is -0.320. The van der Waals surface area contributed by atoms with Gasteiger partial charge in [0.1, 0.15) is 17.8 Å². The van der Waals surface area contributed by atoms with E-state index >= 15 is 0 Å². The molecule has 326 valence electrons. The maximum Gasteiger partial charge on any atom is 0.508 e. The van der Waals surface area contributed by atoms with Gasteiger partial charge in [0.2, 0.25) is 0 Å². The van der Waals surface area contributed by atoms with Crippen LogP contribution < -0.4 is 0 Å². The molecule has 56 heavy (non-hydrogen) atoms. The highest BCUT2D eigenvalue weighted by molar-refractivity contribution is 5.73. The number of cyclic esters (lactones) is 1. The van der Waals surface area contributed by atoms with Crippen LogP contribution >= 0.6 is 0 Å². The summed E-state index contributed by atoms with van der Waals surface area (Å²) in [5.41, 5.74) is -4.39. The highest BCUT2D eigenvalue weighted by Gasteiger charge is 2.64. The Bertz CT molecular complexity index is 1340. The molecule has 0 aromatic carbocycles. The standard InChI is InChI=1S/C40H71NO15/c1-15-27-39(11)31(42)24(7)40(47,56-39)20(3)18-37(9,46)33(55-35-30(54-36(45)49-16-2)26(41(12)13)17-21(4)50-35)22(5)29(23(6)34(44)52-27)53-28-19-38(10,48-14)32(43)25(8)51-28/h20-33,35,42-43,46-47H,15-19H2,1-14H3/t20-,21-,22+,23-,24-,25+,26+,27-,28+,29+,30-,31-,32+,33-,35+,37-,38-,39-,40+/m1/s1. The molecule has 2 bridgehead atoms. The number of hydrogen-bond donors (Lipinski definition) is 4. The first-order chi connectivity index (χ1) is 25.9. The summed E-state index contributed by atoms with van der Waals surface area (Å²) in [6.45, 7) is 18.8. The van der Waals surface area contributed by atoms with Gasteiger partial charge in [-0.25, -0.2) is 4.79 Å². The molecular weight excluding hydrogens is 734 g/mol. The molecule has 0 saturated carbocycles. The lowest BCUT2D eigenvalue weighted by Gasteiger charge is -2.49. The maximum atomic E-state index is 14.4. The maximum absolute atomic E-state index is 14.4. The van der Waals surface area contributed by atoms with Gasteiger partial charge >= 0.3 is 12.1 Å². The topological polar surface area (TPSA) is 201 Å². The van der Waals surface area contributed by atoms with Gasteiger partial charge in [-0.05, 0) is 81.8 Å². The zero-order chi connectivity index (χ0) is 42.3. The Morgan fingerprint density at radius 2 is 1.57 bits per heavy atom. The minimum atomic E-state index is -1.96. The van der Waals surface area contributed by atoms with Crippen molar-refractivity contribution in [1.82, 2.24) is 4.90 Å². The van der Waals surface area contributed by atoms with Crippen molar-refractivity contribution in [3.05, 3.63) is 0 Å². The van der Waals surface area contributed by atoms with E-state index < -0.39 is 114 Å². The zero-order valence-corrected chi connectivity index (χ0v) is 35.9. The van der Waals surface area contributed by atoms with Crippen molar-refractivity contribution in [3.8, 4) is 0 Å². The molecule has 4 N–H and O–H groups in total. The van der Waals surface area contributed by atoms with E-state index in [9.17, 15) is 30.0 Å². The Morgan fingerprint density at radius 3 is 2.14 bits per heavy atom. The van der Waals surface area contributed by atoms with Gasteiger partial charge in [-0.1, -0.05) is 27.7 Å². The van der Waals surface area contributed by atoms with Crippen LogP contribution in [-0.4, -0.2) is 155 Å². The molecule has 4 rings (SSSR count). The molecule has 0 amide bonds. The number of esters is 1. The molecule has 0 spiro atoms. The number of fused-ring (bicyclic) bond motifs is 2. The second-order valence-corrected chi connectivity index (χ2v) is 17.7. The van der Waals surface area contributed by atoms with Crippen LogP contribution in [0.5, 0.6) is 0 Å². The fourth-order valence-electron chi connectivity index (χ4n) is 9.55. The largest absolute Gasteiger partial charge is 0.508 e. The summed E-state index contributed by atoms with van der Waals surface area (Å²) in [5, 5.41) is 47.6. The average molecular weight is 806 g/mol. The summed E-state index contributed by atoms with van der Waals surface area (Å²) in [7, 11) is 5.19. The number of ether oxygens (including phenoxy) is 9. The summed E-state index contributed by atoms with van der Waals surface area (Å²) < 4.78 is 55.5. The molecule has 4 aliphatic rings. The van der Waals surface area contributed by atoms with Crippen molar-refractivity contribution >= 4 is 12.1 Å². The van der Waals surface area contributed by atoms with Gasteiger partial charge in [-0.15, -0.1) is 0 Å². The molecule has 4 aliphatic heterocycles.